The zero-order valence-electron chi connectivity index (χ0n) is 12.8. The Kier molecular flexibility index (Phi) is 5.74. The summed E-state index contributed by atoms with van der Waals surface area (Å²) in [4.78, 5) is 0. The van der Waals surface area contributed by atoms with Crippen molar-refractivity contribution in [1.82, 2.24) is 0 Å². The Bertz CT molecular complexity index is 759. The average Bonchev–Trinajstić information content (AvgIpc) is 2.49. The highest BCUT2D eigenvalue weighted by Crippen LogP contribution is 2.25. The topological polar surface area (TPSA) is 63.6 Å². The summed E-state index contributed by atoms with van der Waals surface area (Å²) in [6, 6.07) is 13.4. The Morgan fingerprint density at radius 3 is 2.61 bits per heavy atom. The molecule has 2 aromatic carbocycles. The predicted octanol–water partition coefficient (Wildman–Crippen LogP) is 4.22. The fourth-order valence-electron chi connectivity index (χ4n) is 2.16. The molecule has 0 saturated heterocycles. The molecular weight excluding hydrogens is 319 g/mol. The van der Waals surface area contributed by atoms with Gasteiger partial charge in [0.1, 0.15) is 5.75 Å². The van der Waals surface area contributed by atoms with Crippen molar-refractivity contribution in [2.24, 2.45) is 0 Å². The van der Waals surface area contributed by atoms with E-state index in [4.69, 9.17) is 9.29 Å². The highest BCUT2D eigenvalue weighted by atomic mass is 32.2. The van der Waals surface area contributed by atoms with Gasteiger partial charge in [0, 0.05) is 0 Å². The molecule has 23 heavy (non-hydrogen) atoms. The van der Waals surface area contributed by atoms with E-state index >= 15 is 0 Å². The smallest absolute Gasteiger partial charge is 0.267 e. The van der Waals surface area contributed by atoms with Crippen LogP contribution >= 0.6 is 0 Å². The van der Waals surface area contributed by atoms with Gasteiger partial charge in [-0.15, -0.1) is 0 Å². The monoisotopic (exact) mass is 338 g/mol. The molecular formula is C17H19FO4S. The number of aryl methyl sites for hydroxylation is 1. The van der Waals surface area contributed by atoms with Crippen molar-refractivity contribution in [3.63, 3.8) is 0 Å². The lowest BCUT2D eigenvalue weighted by Crippen LogP contribution is -2.16. The van der Waals surface area contributed by atoms with Crippen LogP contribution < -0.4 is 4.74 Å². The van der Waals surface area contributed by atoms with Crippen LogP contribution in [0.15, 0.2) is 48.5 Å². The van der Waals surface area contributed by atoms with Crippen molar-refractivity contribution in [2.75, 3.05) is 0 Å². The van der Waals surface area contributed by atoms with Crippen LogP contribution in [0.4, 0.5) is 4.39 Å². The number of para-hydroxylation sites is 1. The maximum absolute atomic E-state index is 13.6. The minimum Gasteiger partial charge on any atom is -0.454 e. The second kappa shape index (κ2) is 7.57. The largest absolute Gasteiger partial charge is 0.454 e. The number of hydrogen-bond donors (Lipinski definition) is 1. The molecule has 0 saturated carbocycles. The van der Waals surface area contributed by atoms with E-state index in [1.807, 2.05) is 6.07 Å². The molecule has 2 rings (SSSR count). The summed E-state index contributed by atoms with van der Waals surface area (Å²) in [5, 5.41) is -0.777. The standard InChI is InChI=1S/C17H19FO4S/c1-13(23(19,20)21)6-4-7-14-8-5-9-15(12-14)22-17-11-3-2-10-16(17)18/h2-3,5,8-13H,4,6-7H2,1H3,(H,19,20,21). The predicted molar refractivity (Wildman–Crippen MR) is 86.9 cm³/mol. The lowest BCUT2D eigenvalue weighted by molar-refractivity contribution is 0.441. The lowest BCUT2D eigenvalue weighted by Gasteiger charge is -2.10. The normalized spacial score (nSPS) is 12.8. The van der Waals surface area contributed by atoms with Crippen LogP contribution in [0.2, 0.25) is 0 Å². The highest BCUT2D eigenvalue weighted by Gasteiger charge is 2.16. The second-order valence-corrected chi connectivity index (χ2v) is 7.23. The third-order valence-electron chi connectivity index (χ3n) is 3.55. The summed E-state index contributed by atoms with van der Waals surface area (Å²) in [5.41, 5.74) is 0.960. The summed E-state index contributed by atoms with van der Waals surface area (Å²) in [6.07, 6.45) is 1.63. The zero-order chi connectivity index (χ0) is 16.9. The molecule has 1 unspecified atom stereocenters. The Balaban J connectivity index is 1.96. The Morgan fingerprint density at radius 2 is 1.91 bits per heavy atom. The molecule has 0 aliphatic carbocycles. The van der Waals surface area contributed by atoms with E-state index in [9.17, 15) is 12.8 Å². The molecule has 0 amide bonds. The maximum atomic E-state index is 13.6. The van der Waals surface area contributed by atoms with Crippen molar-refractivity contribution in [2.45, 2.75) is 31.4 Å². The van der Waals surface area contributed by atoms with Gasteiger partial charge < -0.3 is 4.74 Å². The van der Waals surface area contributed by atoms with Gasteiger partial charge in [-0.1, -0.05) is 24.3 Å². The van der Waals surface area contributed by atoms with Crippen molar-refractivity contribution in [3.05, 3.63) is 59.9 Å². The van der Waals surface area contributed by atoms with Crippen LogP contribution in [0.25, 0.3) is 0 Å². The summed E-state index contributed by atoms with van der Waals surface area (Å²) in [5.74, 6) is 0.250. The third kappa shape index (κ3) is 5.33. The van der Waals surface area contributed by atoms with Crippen molar-refractivity contribution < 1.29 is 22.1 Å². The summed E-state index contributed by atoms with van der Waals surface area (Å²) < 4.78 is 50.0. The minimum atomic E-state index is -3.98. The van der Waals surface area contributed by atoms with Crippen LogP contribution in [-0.4, -0.2) is 18.2 Å². The van der Waals surface area contributed by atoms with Crippen molar-refractivity contribution in [1.29, 1.82) is 0 Å². The highest BCUT2D eigenvalue weighted by molar-refractivity contribution is 7.86. The number of benzene rings is 2. The van der Waals surface area contributed by atoms with Crippen molar-refractivity contribution >= 4 is 10.1 Å². The molecule has 0 heterocycles. The van der Waals surface area contributed by atoms with Gasteiger partial charge in [-0.25, -0.2) is 4.39 Å². The molecule has 1 N–H and O–H groups in total. The van der Waals surface area contributed by atoms with Crippen LogP contribution in [0.1, 0.15) is 25.3 Å². The van der Waals surface area contributed by atoms with Gasteiger partial charge in [-0.05, 0) is 56.0 Å². The van der Waals surface area contributed by atoms with E-state index in [0.717, 1.165) is 5.56 Å². The van der Waals surface area contributed by atoms with Crippen LogP contribution in [0.3, 0.4) is 0 Å². The number of ether oxygens (including phenoxy) is 1. The third-order valence-corrected chi connectivity index (χ3v) is 4.80. The van der Waals surface area contributed by atoms with Crippen LogP contribution in [0.5, 0.6) is 11.5 Å². The SMILES string of the molecule is CC(CCCc1cccc(Oc2ccccc2F)c1)S(=O)(=O)O. The summed E-state index contributed by atoms with van der Waals surface area (Å²) >= 11 is 0. The van der Waals surface area contributed by atoms with E-state index < -0.39 is 21.2 Å². The first-order valence-corrected chi connectivity index (χ1v) is 8.84. The summed E-state index contributed by atoms with van der Waals surface area (Å²) in [6.45, 7) is 1.48. The van der Waals surface area contributed by atoms with Gasteiger partial charge in [0.15, 0.2) is 11.6 Å². The van der Waals surface area contributed by atoms with Gasteiger partial charge in [0.25, 0.3) is 10.1 Å². The Hall–Kier alpha value is -1.92. The van der Waals surface area contributed by atoms with E-state index in [-0.39, 0.29) is 5.75 Å². The molecule has 0 aliphatic heterocycles. The molecule has 4 nitrogen and oxygen atoms in total. The van der Waals surface area contributed by atoms with Gasteiger partial charge in [0.05, 0.1) is 5.25 Å². The Labute approximate surface area is 135 Å². The van der Waals surface area contributed by atoms with Crippen LogP contribution in [0, 0.1) is 5.82 Å². The van der Waals surface area contributed by atoms with E-state index in [2.05, 4.69) is 0 Å². The quantitative estimate of drug-likeness (QED) is 0.768. The maximum Gasteiger partial charge on any atom is 0.267 e. The van der Waals surface area contributed by atoms with Crippen molar-refractivity contribution in [3.8, 4) is 11.5 Å². The van der Waals surface area contributed by atoms with E-state index in [0.29, 0.717) is 25.0 Å². The van der Waals surface area contributed by atoms with Gasteiger partial charge >= 0.3 is 0 Å². The Morgan fingerprint density at radius 1 is 1.17 bits per heavy atom. The molecule has 6 heteroatoms. The lowest BCUT2D eigenvalue weighted by atomic mass is 10.1. The molecule has 0 spiro atoms. The fourth-order valence-corrected chi connectivity index (χ4v) is 2.63. The molecule has 0 bridgehead atoms. The first-order chi connectivity index (χ1) is 10.9. The van der Waals surface area contributed by atoms with E-state index in [1.165, 1.54) is 13.0 Å². The second-order valence-electron chi connectivity index (χ2n) is 5.40. The van der Waals surface area contributed by atoms with Gasteiger partial charge in [-0.3, -0.25) is 4.55 Å². The molecule has 2 aromatic rings. The van der Waals surface area contributed by atoms with Gasteiger partial charge in [0.2, 0.25) is 0 Å². The number of halogens is 1. The molecule has 1 atom stereocenters. The fraction of sp³-hybridized carbons (Fsp3) is 0.294. The molecule has 0 radical (unpaired) electrons. The molecule has 124 valence electrons. The van der Waals surface area contributed by atoms with Gasteiger partial charge in [-0.2, -0.15) is 8.42 Å². The summed E-state index contributed by atoms with van der Waals surface area (Å²) in [7, 11) is -3.98. The number of hydrogen-bond acceptors (Lipinski definition) is 3. The molecule has 0 aliphatic rings. The first-order valence-electron chi connectivity index (χ1n) is 7.34. The first kappa shape index (κ1) is 17.4. The minimum absolute atomic E-state index is 0.157. The average molecular weight is 338 g/mol. The number of rotatable bonds is 7. The van der Waals surface area contributed by atoms with Crippen LogP contribution in [-0.2, 0) is 16.5 Å². The van der Waals surface area contributed by atoms with E-state index in [1.54, 1.807) is 36.4 Å². The molecule has 0 aromatic heterocycles. The zero-order valence-corrected chi connectivity index (χ0v) is 13.6. The molecule has 0 fully saturated rings.